The van der Waals surface area contributed by atoms with Gasteiger partial charge in [0.2, 0.25) is 0 Å². The zero-order valence-electron chi connectivity index (χ0n) is 11.9. The molecule has 0 saturated heterocycles. The molecule has 2 rings (SSSR count). The number of carbonyl (C=O) groups excluding carboxylic acids is 2. The van der Waals surface area contributed by atoms with Gasteiger partial charge < -0.3 is 19.5 Å². The topological polar surface area (TPSA) is 73.9 Å². The molecule has 1 heterocycles. The minimum atomic E-state index is -0.887. The average Bonchev–Trinajstić information content (AvgIpc) is 2.47. The van der Waals surface area contributed by atoms with E-state index in [1.165, 1.54) is 13.0 Å². The van der Waals surface area contributed by atoms with Gasteiger partial charge in [0.1, 0.15) is 13.2 Å². The van der Waals surface area contributed by atoms with Gasteiger partial charge in [0, 0.05) is 17.8 Å². The standard InChI is InChI=1S/C15H17NO5/c1-3-4-14(17)21-10(2)15(18)16-11-5-6-12-13(9-11)20-8-7-19-12/h3-6,9-10H,7-8H2,1-2H3,(H,16,18)/b4-3+. The van der Waals surface area contributed by atoms with Crippen molar-refractivity contribution >= 4 is 17.6 Å². The number of hydrogen-bond acceptors (Lipinski definition) is 5. The highest BCUT2D eigenvalue weighted by atomic mass is 16.6. The van der Waals surface area contributed by atoms with Crippen LogP contribution in [-0.2, 0) is 14.3 Å². The van der Waals surface area contributed by atoms with Crippen LogP contribution in [0.5, 0.6) is 11.5 Å². The third kappa shape index (κ3) is 3.98. The van der Waals surface area contributed by atoms with E-state index in [0.717, 1.165) is 0 Å². The number of allylic oxidation sites excluding steroid dienone is 1. The lowest BCUT2D eigenvalue weighted by molar-refractivity contribution is -0.148. The Bertz CT molecular complexity index is 567. The lowest BCUT2D eigenvalue weighted by Crippen LogP contribution is -2.29. The molecule has 0 saturated carbocycles. The molecule has 0 spiro atoms. The Hall–Kier alpha value is -2.50. The second-order valence-electron chi connectivity index (χ2n) is 4.43. The molecule has 6 nitrogen and oxygen atoms in total. The van der Waals surface area contributed by atoms with Crippen LogP contribution in [-0.4, -0.2) is 31.2 Å². The van der Waals surface area contributed by atoms with E-state index < -0.39 is 18.0 Å². The van der Waals surface area contributed by atoms with Gasteiger partial charge in [-0.2, -0.15) is 0 Å². The number of anilines is 1. The van der Waals surface area contributed by atoms with Crippen LogP contribution in [0, 0.1) is 0 Å². The van der Waals surface area contributed by atoms with Crippen LogP contribution in [0.25, 0.3) is 0 Å². The molecule has 1 aromatic rings. The van der Waals surface area contributed by atoms with Crippen molar-refractivity contribution in [3.8, 4) is 11.5 Å². The molecule has 0 bridgehead atoms. The Kier molecular flexibility index (Phi) is 4.81. The van der Waals surface area contributed by atoms with E-state index in [4.69, 9.17) is 14.2 Å². The van der Waals surface area contributed by atoms with E-state index in [0.29, 0.717) is 30.4 Å². The summed E-state index contributed by atoms with van der Waals surface area (Å²) in [5.41, 5.74) is 0.554. The van der Waals surface area contributed by atoms with Crippen LogP contribution in [0.15, 0.2) is 30.4 Å². The molecular formula is C15H17NO5. The summed E-state index contributed by atoms with van der Waals surface area (Å²) in [6, 6.07) is 5.10. The monoisotopic (exact) mass is 291 g/mol. The first-order valence-corrected chi connectivity index (χ1v) is 6.64. The van der Waals surface area contributed by atoms with Crippen LogP contribution in [0.1, 0.15) is 13.8 Å². The van der Waals surface area contributed by atoms with E-state index in [9.17, 15) is 9.59 Å². The number of rotatable bonds is 4. The highest BCUT2D eigenvalue weighted by Gasteiger charge is 2.18. The van der Waals surface area contributed by atoms with Crippen LogP contribution < -0.4 is 14.8 Å². The predicted molar refractivity (Wildman–Crippen MR) is 76.4 cm³/mol. The molecule has 1 N–H and O–H groups in total. The third-order valence-electron chi connectivity index (χ3n) is 2.77. The van der Waals surface area contributed by atoms with Crippen molar-refractivity contribution in [1.29, 1.82) is 0 Å². The summed E-state index contributed by atoms with van der Waals surface area (Å²) in [5, 5.41) is 2.66. The van der Waals surface area contributed by atoms with Gasteiger partial charge in [-0.05, 0) is 26.0 Å². The summed E-state index contributed by atoms with van der Waals surface area (Å²) in [4.78, 5) is 23.2. The van der Waals surface area contributed by atoms with E-state index in [1.807, 2.05) is 0 Å². The summed E-state index contributed by atoms with van der Waals surface area (Å²) in [6.07, 6.45) is 1.92. The molecule has 0 aliphatic carbocycles. The maximum absolute atomic E-state index is 11.9. The molecule has 0 fully saturated rings. The minimum absolute atomic E-state index is 0.412. The number of carbonyl (C=O) groups is 2. The number of ether oxygens (including phenoxy) is 3. The second-order valence-corrected chi connectivity index (χ2v) is 4.43. The SMILES string of the molecule is C/C=C/C(=O)OC(C)C(=O)Nc1ccc2c(c1)OCCO2. The quantitative estimate of drug-likeness (QED) is 0.677. The molecule has 6 heteroatoms. The molecule has 0 aromatic heterocycles. The molecule has 0 radical (unpaired) electrons. The first kappa shape index (κ1) is 14.9. The fraction of sp³-hybridized carbons (Fsp3) is 0.333. The number of fused-ring (bicyclic) bond motifs is 1. The van der Waals surface area contributed by atoms with Crippen LogP contribution in [0.2, 0.25) is 0 Å². The maximum Gasteiger partial charge on any atom is 0.331 e. The molecule has 21 heavy (non-hydrogen) atoms. The van der Waals surface area contributed by atoms with Gasteiger partial charge in [-0.3, -0.25) is 4.79 Å². The molecule has 1 aromatic carbocycles. The number of benzene rings is 1. The molecular weight excluding hydrogens is 274 g/mol. The summed E-state index contributed by atoms with van der Waals surface area (Å²) in [6.45, 7) is 4.19. The zero-order chi connectivity index (χ0) is 15.2. The zero-order valence-corrected chi connectivity index (χ0v) is 11.9. The number of nitrogens with one attached hydrogen (secondary N) is 1. The fourth-order valence-electron chi connectivity index (χ4n) is 1.77. The second kappa shape index (κ2) is 6.78. The Balaban J connectivity index is 1.97. The van der Waals surface area contributed by atoms with Gasteiger partial charge in [-0.25, -0.2) is 4.79 Å². The van der Waals surface area contributed by atoms with E-state index in [2.05, 4.69) is 5.32 Å². The average molecular weight is 291 g/mol. The van der Waals surface area contributed by atoms with Gasteiger partial charge in [-0.1, -0.05) is 6.08 Å². The summed E-state index contributed by atoms with van der Waals surface area (Å²) >= 11 is 0. The Morgan fingerprint density at radius 1 is 1.29 bits per heavy atom. The van der Waals surface area contributed by atoms with Gasteiger partial charge in [0.25, 0.3) is 5.91 Å². The van der Waals surface area contributed by atoms with Crippen molar-refractivity contribution in [2.45, 2.75) is 20.0 Å². The van der Waals surface area contributed by atoms with Crippen molar-refractivity contribution in [3.63, 3.8) is 0 Å². The third-order valence-corrected chi connectivity index (χ3v) is 2.77. The van der Waals surface area contributed by atoms with Crippen molar-refractivity contribution < 1.29 is 23.8 Å². The molecule has 112 valence electrons. The molecule has 1 aliphatic rings. The molecule has 1 aliphatic heterocycles. The van der Waals surface area contributed by atoms with Crippen LogP contribution in [0.3, 0.4) is 0 Å². The largest absolute Gasteiger partial charge is 0.486 e. The Labute approximate surface area is 122 Å². The van der Waals surface area contributed by atoms with Crippen LogP contribution in [0.4, 0.5) is 5.69 Å². The lowest BCUT2D eigenvalue weighted by atomic mass is 10.2. The van der Waals surface area contributed by atoms with E-state index >= 15 is 0 Å². The molecule has 1 unspecified atom stereocenters. The predicted octanol–water partition coefficient (Wildman–Crippen LogP) is 1.90. The smallest absolute Gasteiger partial charge is 0.331 e. The minimum Gasteiger partial charge on any atom is -0.486 e. The van der Waals surface area contributed by atoms with Crippen LogP contribution >= 0.6 is 0 Å². The van der Waals surface area contributed by atoms with Crippen molar-refractivity contribution in [1.82, 2.24) is 0 Å². The highest BCUT2D eigenvalue weighted by Crippen LogP contribution is 2.32. The maximum atomic E-state index is 11.9. The van der Waals surface area contributed by atoms with Crippen molar-refractivity contribution in [3.05, 3.63) is 30.4 Å². The van der Waals surface area contributed by atoms with Crippen molar-refractivity contribution in [2.75, 3.05) is 18.5 Å². The lowest BCUT2D eigenvalue weighted by Gasteiger charge is -2.19. The molecule has 1 amide bonds. The van der Waals surface area contributed by atoms with E-state index in [1.54, 1.807) is 31.2 Å². The van der Waals surface area contributed by atoms with Gasteiger partial charge in [0.15, 0.2) is 17.6 Å². The first-order valence-electron chi connectivity index (χ1n) is 6.64. The number of amides is 1. The number of hydrogen-bond donors (Lipinski definition) is 1. The van der Waals surface area contributed by atoms with E-state index in [-0.39, 0.29) is 0 Å². The van der Waals surface area contributed by atoms with Gasteiger partial charge in [0.05, 0.1) is 0 Å². The Morgan fingerprint density at radius 3 is 2.71 bits per heavy atom. The Morgan fingerprint density at radius 2 is 2.00 bits per heavy atom. The highest BCUT2D eigenvalue weighted by molar-refractivity contribution is 5.96. The molecule has 1 atom stereocenters. The summed E-state index contributed by atoms with van der Waals surface area (Å²) in [5.74, 6) is 0.260. The fourth-order valence-corrected chi connectivity index (χ4v) is 1.77. The first-order chi connectivity index (χ1) is 10.1. The van der Waals surface area contributed by atoms with Gasteiger partial charge >= 0.3 is 5.97 Å². The summed E-state index contributed by atoms with van der Waals surface area (Å²) < 4.78 is 15.8. The normalized spacial score (nSPS) is 14.6. The summed E-state index contributed by atoms with van der Waals surface area (Å²) in [7, 11) is 0. The van der Waals surface area contributed by atoms with Gasteiger partial charge in [-0.15, -0.1) is 0 Å². The van der Waals surface area contributed by atoms with Crippen molar-refractivity contribution in [2.24, 2.45) is 0 Å². The number of esters is 1.